The van der Waals surface area contributed by atoms with Crippen molar-refractivity contribution in [2.24, 2.45) is 11.8 Å². The van der Waals surface area contributed by atoms with Crippen LogP contribution in [0, 0.1) is 11.8 Å². The van der Waals surface area contributed by atoms with Crippen LogP contribution >= 0.6 is 0 Å². The molecule has 4 heteroatoms. The third kappa shape index (κ3) is 4.14. The van der Waals surface area contributed by atoms with Crippen LogP contribution in [-0.2, 0) is 6.54 Å². The lowest BCUT2D eigenvalue weighted by atomic mass is 10.00. The molecule has 1 aliphatic rings. The Balaban J connectivity index is 2.13. The van der Waals surface area contributed by atoms with Crippen molar-refractivity contribution < 1.29 is 14.6 Å². The van der Waals surface area contributed by atoms with Crippen molar-refractivity contribution in [1.82, 2.24) is 4.90 Å². The monoisotopic (exact) mass is 307 g/mol. The average Bonchev–Trinajstić information content (AvgIpc) is 2.86. The molecule has 4 nitrogen and oxygen atoms in total. The van der Waals surface area contributed by atoms with Gasteiger partial charge in [-0.2, -0.15) is 0 Å². The van der Waals surface area contributed by atoms with Gasteiger partial charge in [0.25, 0.3) is 0 Å². The standard InChI is InChI=1S/C18H29NO3/c1-4-9-22-18-15(7-6-8-17(18)21-5-2)11-19-10-14(3)16(12-19)13-20/h6-8,14,16,20H,4-5,9-13H2,1-3H3/t14-,16+/m1/s1. The fourth-order valence-electron chi connectivity index (χ4n) is 3.07. The highest BCUT2D eigenvalue weighted by Crippen LogP contribution is 2.34. The van der Waals surface area contributed by atoms with Crippen LogP contribution in [0.2, 0.25) is 0 Å². The predicted molar refractivity (Wildman–Crippen MR) is 88.4 cm³/mol. The highest BCUT2D eigenvalue weighted by Gasteiger charge is 2.29. The smallest absolute Gasteiger partial charge is 0.165 e. The van der Waals surface area contributed by atoms with E-state index in [-0.39, 0.29) is 6.61 Å². The van der Waals surface area contributed by atoms with Gasteiger partial charge in [0.05, 0.1) is 13.2 Å². The van der Waals surface area contributed by atoms with Gasteiger partial charge in [-0.05, 0) is 31.2 Å². The molecule has 0 saturated carbocycles. The molecule has 1 aromatic rings. The van der Waals surface area contributed by atoms with Gasteiger partial charge in [-0.25, -0.2) is 0 Å². The van der Waals surface area contributed by atoms with Crippen molar-refractivity contribution in [3.63, 3.8) is 0 Å². The minimum atomic E-state index is 0.274. The first-order valence-corrected chi connectivity index (χ1v) is 8.40. The molecule has 0 aromatic heterocycles. The van der Waals surface area contributed by atoms with Crippen molar-refractivity contribution in [3.8, 4) is 11.5 Å². The van der Waals surface area contributed by atoms with Crippen LogP contribution in [0.3, 0.4) is 0 Å². The molecule has 1 aromatic carbocycles. The molecule has 22 heavy (non-hydrogen) atoms. The number of ether oxygens (including phenoxy) is 2. The number of para-hydroxylation sites is 1. The quantitative estimate of drug-likeness (QED) is 0.802. The Morgan fingerprint density at radius 1 is 1.23 bits per heavy atom. The number of likely N-dealkylation sites (tertiary alicyclic amines) is 1. The fourth-order valence-corrected chi connectivity index (χ4v) is 3.07. The number of benzene rings is 1. The van der Waals surface area contributed by atoms with Gasteiger partial charge >= 0.3 is 0 Å². The molecule has 1 N–H and O–H groups in total. The van der Waals surface area contributed by atoms with Crippen LogP contribution in [0.5, 0.6) is 11.5 Å². The van der Waals surface area contributed by atoms with Crippen LogP contribution in [-0.4, -0.2) is 42.9 Å². The van der Waals surface area contributed by atoms with Crippen LogP contribution in [0.4, 0.5) is 0 Å². The Morgan fingerprint density at radius 3 is 2.68 bits per heavy atom. The zero-order valence-corrected chi connectivity index (χ0v) is 14.0. The third-order valence-corrected chi connectivity index (χ3v) is 4.28. The minimum Gasteiger partial charge on any atom is -0.490 e. The lowest BCUT2D eigenvalue weighted by Gasteiger charge is -2.20. The van der Waals surface area contributed by atoms with Gasteiger partial charge in [0, 0.05) is 31.8 Å². The van der Waals surface area contributed by atoms with Gasteiger partial charge in [-0.1, -0.05) is 26.0 Å². The summed E-state index contributed by atoms with van der Waals surface area (Å²) < 4.78 is 11.7. The normalized spacial score (nSPS) is 22.0. The van der Waals surface area contributed by atoms with Crippen LogP contribution in [0.15, 0.2) is 18.2 Å². The van der Waals surface area contributed by atoms with E-state index >= 15 is 0 Å². The molecule has 1 saturated heterocycles. The largest absolute Gasteiger partial charge is 0.490 e. The third-order valence-electron chi connectivity index (χ3n) is 4.28. The summed E-state index contributed by atoms with van der Waals surface area (Å²) in [6.07, 6.45) is 0.979. The minimum absolute atomic E-state index is 0.274. The second-order valence-electron chi connectivity index (χ2n) is 6.14. The summed E-state index contributed by atoms with van der Waals surface area (Å²) >= 11 is 0. The summed E-state index contributed by atoms with van der Waals surface area (Å²) in [6.45, 7) is 10.7. The van der Waals surface area contributed by atoms with E-state index in [1.54, 1.807) is 0 Å². The van der Waals surface area contributed by atoms with Gasteiger partial charge < -0.3 is 14.6 Å². The summed E-state index contributed by atoms with van der Waals surface area (Å²) in [4.78, 5) is 2.40. The van der Waals surface area contributed by atoms with E-state index in [9.17, 15) is 5.11 Å². The lowest BCUT2D eigenvalue weighted by Crippen LogP contribution is -2.21. The molecule has 0 spiro atoms. The Kier molecular flexibility index (Phi) is 6.52. The molecule has 2 rings (SSSR count). The van der Waals surface area contributed by atoms with Crippen molar-refractivity contribution in [2.75, 3.05) is 32.9 Å². The van der Waals surface area contributed by atoms with Crippen LogP contribution in [0.25, 0.3) is 0 Å². The van der Waals surface area contributed by atoms with E-state index in [0.29, 0.717) is 25.0 Å². The summed E-state index contributed by atoms with van der Waals surface area (Å²) in [6, 6.07) is 6.12. The van der Waals surface area contributed by atoms with Crippen molar-refractivity contribution >= 4 is 0 Å². The van der Waals surface area contributed by atoms with E-state index in [0.717, 1.165) is 37.6 Å². The highest BCUT2D eigenvalue weighted by atomic mass is 16.5. The van der Waals surface area contributed by atoms with Gasteiger partial charge in [-0.15, -0.1) is 0 Å². The number of rotatable bonds is 8. The summed E-state index contributed by atoms with van der Waals surface area (Å²) in [5.74, 6) is 2.64. The maximum atomic E-state index is 9.43. The Labute approximate surface area is 134 Å². The number of nitrogens with zero attached hydrogens (tertiary/aromatic N) is 1. The number of aliphatic hydroxyl groups excluding tert-OH is 1. The van der Waals surface area contributed by atoms with Crippen LogP contribution < -0.4 is 9.47 Å². The van der Waals surface area contributed by atoms with Gasteiger partial charge in [0.15, 0.2) is 11.5 Å². The first-order valence-electron chi connectivity index (χ1n) is 8.40. The summed E-state index contributed by atoms with van der Waals surface area (Å²) in [5.41, 5.74) is 1.17. The Bertz CT molecular complexity index is 464. The van der Waals surface area contributed by atoms with E-state index in [4.69, 9.17) is 9.47 Å². The highest BCUT2D eigenvalue weighted by molar-refractivity contribution is 5.46. The first kappa shape index (κ1) is 17.1. The zero-order chi connectivity index (χ0) is 15.9. The summed E-state index contributed by atoms with van der Waals surface area (Å²) in [7, 11) is 0. The zero-order valence-electron chi connectivity index (χ0n) is 14.0. The maximum absolute atomic E-state index is 9.43. The second-order valence-corrected chi connectivity index (χ2v) is 6.14. The molecular formula is C18H29NO3. The topological polar surface area (TPSA) is 41.9 Å². The molecule has 1 aliphatic heterocycles. The van der Waals surface area contributed by atoms with Crippen LogP contribution in [0.1, 0.15) is 32.8 Å². The van der Waals surface area contributed by atoms with Crippen molar-refractivity contribution in [3.05, 3.63) is 23.8 Å². The van der Waals surface area contributed by atoms with Crippen molar-refractivity contribution in [1.29, 1.82) is 0 Å². The molecule has 2 atom stereocenters. The first-order chi connectivity index (χ1) is 10.7. The molecule has 0 aliphatic carbocycles. The molecular weight excluding hydrogens is 278 g/mol. The summed E-state index contributed by atoms with van der Waals surface area (Å²) in [5, 5.41) is 9.43. The molecule has 0 unspecified atom stereocenters. The predicted octanol–water partition coefficient (Wildman–Crippen LogP) is 2.93. The SMILES string of the molecule is CCCOc1c(CN2C[C@@H](CO)[C@H](C)C2)cccc1OCC. The van der Waals surface area contributed by atoms with Gasteiger partial charge in [0.1, 0.15) is 0 Å². The lowest BCUT2D eigenvalue weighted by molar-refractivity contribution is 0.204. The second kappa shape index (κ2) is 8.39. The van der Waals surface area contributed by atoms with Gasteiger partial charge in [-0.3, -0.25) is 4.90 Å². The van der Waals surface area contributed by atoms with Gasteiger partial charge in [0.2, 0.25) is 0 Å². The molecule has 0 bridgehead atoms. The van der Waals surface area contributed by atoms with E-state index in [1.165, 1.54) is 5.56 Å². The Hall–Kier alpha value is -1.26. The molecule has 1 fully saturated rings. The molecule has 1 heterocycles. The van der Waals surface area contributed by atoms with E-state index in [2.05, 4.69) is 24.8 Å². The fraction of sp³-hybridized carbons (Fsp3) is 0.667. The Morgan fingerprint density at radius 2 is 2.05 bits per heavy atom. The number of hydrogen-bond donors (Lipinski definition) is 1. The molecule has 124 valence electrons. The maximum Gasteiger partial charge on any atom is 0.165 e. The van der Waals surface area contributed by atoms with E-state index < -0.39 is 0 Å². The van der Waals surface area contributed by atoms with E-state index in [1.807, 2.05) is 19.1 Å². The number of aliphatic hydroxyl groups is 1. The molecule has 0 amide bonds. The van der Waals surface area contributed by atoms with Crippen molar-refractivity contribution in [2.45, 2.75) is 33.7 Å². The molecule has 0 radical (unpaired) electrons. The number of hydrogen-bond acceptors (Lipinski definition) is 4. The average molecular weight is 307 g/mol.